The Morgan fingerprint density at radius 1 is 1.13 bits per heavy atom. The average Bonchev–Trinajstić information content (AvgIpc) is 2.63. The van der Waals surface area contributed by atoms with E-state index >= 15 is 0 Å². The molecule has 0 N–H and O–H groups in total. The van der Waals surface area contributed by atoms with E-state index in [9.17, 15) is 0 Å². The Kier molecular flexibility index (Phi) is 4.33. The summed E-state index contributed by atoms with van der Waals surface area (Å²) in [5.74, 6) is 1.68. The molecular weight excluding hydrogens is 284 g/mol. The molecule has 0 saturated heterocycles. The standard InChI is InChI=1S/C19H24N4/c1-2-6-16(7-3-1)19-21-12-17-8-10-23(14-18(17)22-19)13-15-5-4-9-20-11-15/h4-5,9,11-12,16H,1-3,6-8,10,13-14H2. The Bertz CT molecular complexity index is 650. The van der Waals surface area contributed by atoms with Crippen LogP contribution in [-0.4, -0.2) is 26.4 Å². The van der Waals surface area contributed by atoms with Gasteiger partial charge in [-0.05, 0) is 36.5 Å². The third-order valence-electron chi connectivity index (χ3n) is 5.14. The SMILES string of the molecule is c1cncc(CN2CCc3cnc(C4CCCCC4)nc3C2)c1. The normalized spacial score (nSPS) is 19.5. The molecule has 0 spiro atoms. The van der Waals surface area contributed by atoms with E-state index in [-0.39, 0.29) is 0 Å². The molecule has 2 aromatic heterocycles. The molecule has 3 heterocycles. The fourth-order valence-electron chi connectivity index (χ4n) is 3.81. The van der Waals surface area contributed by atoms with Gasteiger partial charge < -0.3 is 0 Å². The molecular formula is C19H24N4. The predicted molar refractivity (Wildman–Crippen MR) is 89.9 cm³/mol. The van der Waals surface area contributed by atoms with Gasteiger partial charge in [0.1, 0.15) is 5.82 Å². The number of pyridine rings is 1. The van der Waals surface area contributed by atoms with E-state index in [4.69, 9.17) is 4.98 Å². The second-order valence-corrected chi connectivity index (χ2v) is 6.86. The maximum Gasteiger partial charge on any atom is 0.131 e. The smallest absolute Gasteiger partial charge is 0.131 e. The fourth-order valence-corrected chi connectivity index (χ4v) is 3.81. The van der Waals surface area contributed by atoms with Gasteiger partial charge in [0.2, 0.25) is 0 Å². The van der Waals surface area contributed by atoms with Crippen LogP contribution in [0.15, 0.2) is 30.7 Å². The Morgan fingerprint density at radius 2 is 2.04 bits per heavy atom. The summed E-state index contributed by atoms with van der Waals surface area (Å²) < 4.78 is 0. The van der Waals surface area contributed by atoms with Crippen LogP contribution in [0.3, 0.4) is 0 Å². The third-order valence-corrected chi connectivity index (χ3v) is 5.14. The van der Waals surface area contributed by atoms with Crippen molar-refractivity contribution in [3.05, 3.63) is 53.4 Å². The highest BCUT2D eigenvalue weighted by Gasteiger charge is 2.22. The lowest BCUT2D eigenvalue weighted by Crippen LogP contribution is -2.31. The lowest BCUT2D eigenvalue weighted by atomic mass is 9.88. The number of nitrogens with zero attached hydrogens (tertiary/aromatic N) is 4. The Hall–Kier alpha value is -1.81. The number of aromatic nitrogens is 3. The first-order valence-electron chi connectivity index (χ1n) is 8.84. The maximum absolute atomic E-state index is 4.96. The van der Waals surface area contributed by atoms with E-state index in [1.807, 2.05) is 18.5 Å². The van der Waals surface area contributed by atoms with E-state index < -0.39 is 0 Å². The fraction of sp³-hybridized carbons (Fsp3) is 0.526. The minimum absolute atomic E-state index is 0.586. The van der Waals surface area contributed by atoms with Gasteiger partial charge >= 0.3 is 0 Å². The van der Waals surface area contributed by atoms with Gasteiger partial charge in [0.05, 0.1) is 5.69 Å². The quantitative estimate of drug-likeness (QED) is 0.870. The van der Waals surface area contributed by atoms with Gasteiger partial charge in [0, 0.05) is 44.1 Å². The Morgan fingerprint density at radius 3 is 2.87 bits per heavy atom. The van der Waals surface area contributed by atoms with Crippen molar-refractivity contribution in [1.29, 1.82) is 0 Å². The molecule has 1 aliphatic carbocycles. The monoisotopic (exact) mass is 308 g/mol. The maximum atomic E-state index is 4.96. The summed E-state index contributed by atoms with van der Waals surface area (Å²) in [6.07, 6.45) is 13.5. The summed E-state index contributed by atoms with van der Waals surface area (Å²) in [6.45, 7) is 2.97. The van der Waals surface area contributed by atoms with Crippen molar-refractivity contribution >= 4 is 0 Å². The minimum Gasteiger partial charge on any atom is -0.293 e. The van der Waals surface area contributed by atoms with Gasteiger partial charge in [-0.2, -0.15) is 0 Å². The summed E-state index contributed by atoms with van der Waals surface area (Å²) in [6, 6.07) is 4.16. The minimum atomic E-state index is 0.586. The average molecular weight is 308 g/mol. The van der Waals surface area contributed by atoms with Crippen molar-refractivity contribution in [2.75, 3.05) is 6.54 Å². The molecule has 4 nitrogen and oxygen atoms in total. The first-order chi connectivity index (χ1) is 11.4. The van der Waals surface area contributed by atoms with Gasteiger partial charge in [-0.3, -0.25) is 9.88 Å². The van der Waals surface area contributed by atoms with Crippen LogP contribution in [0.4, 0.5) is 0 Å². The van der Waals surface area contributed by atoms with Crippen LogP contribution in [0.2, 0.25) is 0 Å². The lowest BCUT2D eigenvalue weighted by molar-refractivity contribution is 0.240. The second-order valence-electron chi connectivity index (χ2n) is 6.86. The van der Waals surface area contributed by atoms with E-state index in [0.717, 1.165) is 31.9 Å². The zero-order valence-corrected chi connectivity index (χ0v) is 13.6. The van der Waals surface area contributed by atoms with Crippen LogP contribution in [0, 0.1) is 0 Å². The van der Waals surface area contributed by atoms with Gasteiger partial charge in [0.25, 0.3) is 0 Å². The first kappa shape index (κ1) is 14.8. The van der Waals surface area contributed by atoms with Crippen LogP contribution in [0.1, 0.15) is 60.7 Å². The molecule has 120 valence electrons. The number of rotatable bonds is 3. The highest BCUT2D eigenvalue weighted by molar-refractivity contribution is 5.22. The summed E-state index contributed by atoms with van der Waals surface area (Å²) in [5.41, 5.74) is 3.86. The molecule has 4 rings (SSSR count). The molecule has 1 fully saturated rings. The molecule has 0 radical (unpaired) electrons. The molecule has 0 amide bonds. The molecule has 1 saturated carbocycles. The van der Waals surface area contributed by atoms with Crippen molar-refractivity contribution < 1.29 is 0 Å². The molecule has 23 heavy (non-hydrogen) atoms. The van der Waals surface area contributed by atoms with Gasteiger partial charge in [0.15, 0.2) is 0 Å². The van der Waals surface area contributed by atoms with Crippen LogP contribution in [0.25, 0.3) is 0 Å². The number of fused-ring (bicyclic) bond motifs is 1. The topological polar surface area (TPSA) is 41.9 Å². The van der Waals surface area contributed by atoms with Crippen LogP contribution in [0.5, 0.6) is 0 Å². The second kappa shape index (κ2) is 6.75. The largest absolute Gasteiger partial charge is 0.293 e. The molecule has 0 aromatic carbocycles. The van der Waals surface area contributed by atoms with Gasteiger partial charge in [-0.25, -0.2) is 9.97 Å². The summed E-state index contributed by atoms with van der Waals surface area (Å²) >= 11 is 0. The van der Waals surface area contributed by atoms with Crippen molar-refractivity contribution in [3.63, 3.8) is 0 Å². The van der Waals surface area contributed by atoms with Crippen LogP contribution in [-0.2, 0) is 19.5 Å². The van der Waals surface area contributed by atoms with Crippen molar-refractivity contribution in [3.8, 4) is 0 Å². The van der Waals surface area contributed by atoms with E-state index in [1.165, 1.54) is 48.9 Å². The lowest BCUT2D eigenvalue weighted by Gasteiger charge is -2.29. The molecule has 0 atom stereocenters. The Balaban J connectivity index is 1.49. The van der Waals surface area contributed by atoms with Crippen molar-refractivity contribution in [2.45, 2.75) is 57.5 Å². The van der Waals surface area contributed by atoms with E-state index in [1.54, 1.807) is 0 Å². The van der Waals surface area contributed by atoms with Crippen molar-refractivity contribution in [1.82, 2.24) is 19.9 Å². The molecule has 0 bridgehead atoms. The summed E-state index contributed by atoms with van der Waals surface area (Å²) in [5, 5.41) is 0. The highest BCUT2D eigenvalue weighted by atomic mass is 15.1. The summed E-state index contributed by atoms with van der Waals surface area (Å²) in [7, 11) is 0. The highest BCUT2D eigenvalue weighted by Crippen LogP contribution is 2.31. The number of hydrogen-bond donors (Lipinski definition) is 0. The molecule has 1 aliphatic heterocycles. The van der Waals surface area contributed by atoms with Gasteiger partial charge in [-0.1, -0.05) is 25.3 Å². The van der Waals surface area contributed by atoms with Crippen molar-refractivity contribution in [2.24, 2.45) is 0 Å². The molecule has 0 unspecified atom stereocenters. The predicted octanol–water partition coefficient (Wildman–Crippen LogP) is 3.48. The zero-order valence-electron chi connectivity index (χ0n) is 13.6. The van der Waals surface area contributed by atoms with Crippen LogP contribution >= 0.6 is 0 Å². The first-order valence-corrected chi connectivity index (χ1v) is 8.84. The zero-order chi connectivity index (χ0) is 15.5. The van der Waals surface area contributed by atoms with E-state index in [2.05, 4.69) is 27.1 Å². The molecule has 2 aliphatic rings. The van der Waals surface area contributed by atoms with Gasteiger partial charge in [-0.15, -0.1) is 0 Å². The Labute approximate surface area is 138 Å². The molecule has 2 aromatic rings. The summed E-state index contributed by atoms with van der Waals surface area (Å²) in [4.78, 5) is 16.3. The third kappa shape index (κ3) is 3.42. The van der Waals surface area contributed by atoms with E-state index in [0.29, 0.717) is 5.92 Å². The van der Waals surface area contributed by atoms with Crippen LogP contribution < -0.4 is 0 Å². The number of hydrogen-bond acceptors (Lipinski definition) is 4. The molecule has 4 heteroatoms.